The summed E-state index contributed by atoms with van der Waals surface area (Å²) in [6, 6.07) is 3.46. The Kier molecular flexibility index (Phi) is 3.64. The molecule has 1 saturated heterocycles. The average molecular weight is 254 g/mol. The highest BCUT2D eigenvalue weighted by Gasteiger charge is 2.34. The molecule has 0 radical (unpaired) electrons. The summed E-state index contributed by atoms with van der Waals surface area (Å²) in [4.78, 5) is 16.3. The largest absolute Gasteiger partial charge is 0.317 e. The van der Waals surface area contributed by atoms with E-state index in [1.165, 1.54) is 0 Å². The highest BCUT2D eigenvalue weighted by atomic mass is 35.5. The Balaban J connectivity index is 2.08. The van der Waals surface area contributed by atoms with Crippen molar-refractivity contribution < 1.29 is 4.79 Å². The van der Waals surface area contributed by atoms with E-state index in [0.717, 1.165) is 25.9 Å². The van der Waals surface area contributed by atoms with Crippen molar-refractivity contribution in [2.24, 2.45) is 5.41 Å². The van der Waals surface area contributed by atoms with Gasteiger partial charge in [-0.15, -0.1) is 0 Å². The summed E-state index contributed by atoms with van der Waals surface area (Å²) >= 11 is 5.96. The molecule has 0 spiro atoms. The third kappa shape index (κ3) is 2.76. The van der Waals surface area contributed by atoms with Gasteiger partial charge < -0.3 is 10.6 Å². The lowest BCUT2D eigenvalue weighted by atomic mass is 9.80. The highest BCUT2D eigenvalue weighted by Crippen LogP contribution is 2.30. The number of pyridine rings is 1. The van der Waals surface area contributed by atoms with Gasteiger partial charge in [0.05, 0.1) is 5.02 Å². The maximum absolute atomic E-state index is 12.2. The van der Waals surface area contributed by atoms with Crippen LogP contribution in [0.3, 0.4) is 0 Å². The van der Waals surface area contributed by atoms with Gasteiger partial charge in [0.2, 0.25) is 5.91 Å². The second-order valence-corrected chi connectivity index (χ2v) is 5.01. The van der Waals surface area contributed by atoms with Gasteiger partial charge in [-0.1, -0.05) is 18.5 Å². The van der Waals surface area contributed by atoms with Crippen LogP contribution in [0, 0.1) is 5.41 Å². The number of carbonyl (C=O) groups is 1. The lowest BCUT2D eigenvalue weighted by Crippen LogP contribution is -2.43. The van der Waals surface area contributed by atoms with Gasteiger partial charge in [-0.3, -0.25) is 4.79 Å². The summed E-state index contributed by atoms with van der Waals surface area (Å²) in [7, 11) is 0. The molecule has 2 rings (SSSR count). The van der Waals surface area contributed by atoms with Crippen LogP contribution in [0.25, 0.3) is 0 Å². The van der Waals surface area contributed by atoms with Crippen molar-refractivity contribution in [3.63, 3.8) is 0 Å². The van der Waals surface area contributed by atoms with Crippen molar-refractivity contribution >= 4 is 23.3 Å². The Morgan fingerprint density at radius 3 is 2.88 bits per heavy atom. The summed E-state index contributed by atoms with van der Waals surface area (Å²) in [5.74, 6) is 0.443. The Morgan fingerprint density at radius 1 is 1.53 bits per heavy atom. The number of hydrogen-bond donors (Lipinski definition) is 2. The number of hydrogen-bond acceptors (Lipinski definition) is 3. The first-order valence-corrected chi connectivity index (χ1v) is 6.12. The zero-order valence-corrected chi connectivity index (χ0v) is 10.5. The number of amides is 1. The highest BCUT2D eigenvalue weighted by molar-refractivity contribution is 6.33. The van der Waals surface area contributed by atoms with Crippen LogP contribution in [-0.4, -0.2) is 24.0 Å². The minimum Gasteiger partial charge on any atom is -0.317 e. The quantitative estimate of drug-likeness (QED) is 0.848. The molecule has 0 aromatic carbocycles. The molecule has 17 heavy (non-hydrogen) atoms. The monoisotopic (exact) mass is 253 g/mol. The van der Waals surface area contributed by atoms with Crippen molar-refractivity contribution in [2.75, 3.05) is 18.4 Å². The van der Waals surface area contributed by atoms with E-state index in [0.29, 0.717) is 10.8 Å². The molecule has 4 nitrogen and oxygen atoms in total. The fourth-order valence-electron chi connectivity index (χ4n) is 1.94. The van der Waals surface area contributed by atoms with Crippen LogP contribution in [0.2, 0.25) is 5.02 Å². The molecule has 5 heteroatoms. The van der Waals surface area contributed by atoms with E-state index >= 15 is 0 Å². The number of anilines is 1. The predicted octanol–water partition coefficient (Wildman–Crippen LogP) is 2.06. The second-order valence-electron chi connectivity index (χ2n) is 4.60. The molecule has 0 unspecified atom stereocenters. The summed E-state index contributed by atoms with van der Waals surface area (Å²) in [5.41, 5.74) is -0.327. The number of rotatable bonds is 2. The summed E-state index contributed by atoms with van der Waals surface area (Å²) < 4.78 is 0. The van der Waals surface area contributed by atoms with Crippen LogP contribution in [0.1, 0.15) is 19.8 Å². The normalized spacial score (nSPS) is 18.7. The summed E-state index contributed by atoms with van der Waals surface area (Å²) in [6.07, 6.45) is 3.29. The zero-order chi connectivity index (χ0) is 12.3. The number of halogens is 1. The third-order valence-electron chi connectivity index (χ3n) is 3.25. The van der Waals surface area contributed by atoms with E-state index in [9.17, 15) is 4.79 Å². The van der Waals surface area contributed by atoms with Crippen molar-refractivity contribution in [1.29, 1.82) is 0 Å². The molecule has 1 amide bonds. The second kappa shape index (κ2) is 5.02. The number of aromatic nitrogens is 1. The van der Waals surface area contributed by atoms with E-state index in [1.807, 2.05) is 6.92 Å². The summed E-state index contributed by atoms with van der Waals surface area (Å²) in [6.45, 7) is 3.74. The van der Waals surface area contributed by atoms with Crippen LogP contribution in [0.5, 0.6) is 0 Å². The maximum atomic E-state index is 12.2. The van der Waals surface area contributed by atoms with Gasteiger partial charge in [-0.05, 0) is 38.1 Å². The topological polar surface area (TPSA) is 54.0 Å². The average Bonchev–Trinajstić information content (AvgIpc) is 2.33. The SMILES string of the molecule is CC1(C(=O)Nc2ncccc2Cl)CCNCC1. The Bertz CT molecular complexity index is 416. The minimum atomic E-state index is -0.327. The molecule has 1 aromatic rings. The molecule has 1 fully saturated rings. The van der Waals surface area contributed by atoms with Crippen molar-refractivity contribution in [1.82, 2.24) is 10.3 Å². The van der Waals surface area contributed by atoms with E-state index in [-0.39, 0.29) is 11.3 Å². The van der Waals surface area contributed by atoms with Crippen molar-refractivity contribution in [2.45, 2.75) is 19.8 Å². The molecule has 92 valence electrons. The van der Waals surface area contributed by atoms with E-state index in [2.05, 4.69) is 15.6 Å². The lowest BCUT2D eigenvalue weighted by Gasteiger charge is -2.32. The predicted molar refractivity (Wildman–Crippen MR) is 68.1 cm³/mol. The Labute approximate surface area is 106 Å². The number of nitrogens with one attached hydrogen (secondary N) is 2. The molecule has 2 N–H and O–H groups in total. The van der Waals surface area contributed by atoms with Crippen molar-refractivity contribution in [3.05, 3.63) is 23.4 Å². The summed E-state index contributed by atoms with van der Waals surface area (Å²) in [5, 5.41) is 6.53. The van der Waals surface area contributed by atoms with Gasteiger partial charge in [-0.25, -0.2) is 4.98 Å². The van der Waals surface area contributed by atoms with Gasteiger partial charge in [-0.2, -0.15) is 0 Å². The van der Waals surface area contributed by atoms with Gasteiger partial charge in [0.1, 0.15) is 0 Å². The first-order chi connectivity index (χ1) is 8.12. The molecule has 0 saturated carbocycles. The lowest BCUT2D eigenvalue weighted by molar-refractivity contribution is -0.126. The molecule has 0 atom stereocenters. The smallest absolute Gasteiger partial charge is 0.231 e. The van der Waals surface area contributed by atoms with E-state index < -0.39 is 0 Å². The maximum Gasteiger partial charge on any atom is 0.231 e. The molecular formula is C12H16ClN3O. The Hall–Kier alpha value is -1.13. The standard InChI is InChI=1S/C12H16ClN3O/c1-12(4-7-14-8-5-12)11(17)16-10-9(13)3-2-6-15-10/h2-3,6,14H,4-5,7-8H2,1H3,(H,15,16,17). The van der Waals surface area contributed by atoms with Crippen LogP contribution < -0.4 is 10.6 Å². The van der Waals surface area contributed by atoms with Gasteiger partial charge in [0.25, 0.3) is 0 Å². The third-order valence-corrected chi connectivity index (χ3v) is 3.55. The molecule has 2 heterocycles. The van der Waals surface area contributed by atoms with Crippen molar-refractivity contribution in [3.8, 4) is 0 Å². The van der Waals surface area contributed by atoms with E-state index in [4.69, 9.17) is 11.6 Å². The van der Waals surface area contributed by atoms with Crippen LogP contribution >= 0.6 is 11.6 Å². The first kappa shape index (κ1) is 12.3. The Morgan fingerprint density at radius 2 is 2.24 bits per heavy atom. The van der Waals surface area contributed by atoms with Crippen LogP contribution in [0.15, 0.2) is 18.3 Å². The van der Waals surface area contributed by atoms with Gasteiger partial charge in [0.15, 0.2) is 5.82 Å². The number of nitrogens with zero attached hydrogens (tertiary/aromatic N) is 1. The molecule has 0 bridgehead atoms. The molecule has 1 aliphatic rings. The fourth-order valence-corrected chi connectivity index (χ4v) is 2.11. The van der Waals surface area contributed by atoms with Crippen LogP contribution in [0.4, 0.5) is 5.82 Å². The first-order valence-electron chi connectivity index (χ1n) is 5.74. The zero-order valence-electron chi connectivity index (χ0n) is 9.79. The molecular weight excluding hydrogens is 238 g/mol. The van der Waals surface area contributed by atoms with E-state index in [1.54, 1.807) is 18.3 Å². The molecule has 1 aliphatic heterocycles. The minimum absolute atomic E-state index is 0.000370. The van der Waals surface area contributed by atoms with Gasteiger partial charge >= 0.3 is 0 Å². The molecule has 1 aromatic heterocycles. The van der Waals surface area contributed by atoms with Gasteiger partial charge in [0, 0.05) is 11.6 Å². The number of carbonyl (C=O) groups excluding carboxylic acids is 1. The van der Waals surface area contributed by atoms with Crippen LogP contribution in [-0.2, 0) is 4.79 Å². The number of piperidine rings is 1. The fraction of sp³-hybridized carbons (Fsp3) is 0.500. The molecule has 0 aliphatic carbocycles.